The third-order valence-corrected chi connectivity index (χ3v) is 15.7. The fraction of sp³-hybridized carbons (Fsp3) is 0.973. The summed E-state index contributed by atoms with van der Waals surface area (Å²) in [5.41, 5.74) is -1.35. The minimum atomic E-state index is -0.901. The number of hydrogen-bond acceptors (Lipinski definition) is 7. The molecule has 13 atom stereocenters. The van der Waals surface area contributed by atoms with Crippen molar-refractivity contribution in [2.45, 2.75) is 162 Å². The molecule has 0 aromatic rings. The molecule has 1 heterocycles. The van der Waals surface area contributed by atoms with E-state index in [0.717, 1.165) is 51.4 Å². The van der Waals surface area contributed by atoms with Gasteiger partial charge in [-0.3, -0.25) is 4.79 Å². The molecule has 45 heavy (non-hydrogen) atoms. The van der Waals surface area contributed by atoms with Crippen LogP contribution in [0.3, 0.4) is 0 Å². The predicted octanol–water partition coefficient (Wildman–Crippen LogP) is 6.75. The first kappa shape index (κ1) is 34.4. The molecule has 2 unspecified atom stereocenters. The van der Waals surface area contributed by atoms with E-state index in [-0.39, 0.29) is 63.2 Å². The van der Waals surface area contributed by atoms with Gasteiger partial charge in [0.2, 0.25) is 0 Å². The van der Waals surface area contributed by atoms with Gasteiger partial charge in [-0.15, -0.1) is 0 Å². The van der Waals surface area contributed by atoms with Crippen molar-refractivity contribution >= 4 is 17.7 Å². The van der Waals surface area contributed by atoms with Gasteiger partial charge in [0.25, 0.3) is 0 Å². The largest absolute Gasteiger partial charge is 0.461 e. The van der Waals surface area contributed by atoms with Crippen molar-refractivity contribution in [2.75, 3.05) is 14.2 Å². The molecule has 0 amide bonds. The number of carbonyl (C=O) groups excluding carboxylic acids is 1. The van der Waals surface area contributed by atoms with Crippen molar-refractivity contribution in [1.29, 1.82) is 0 Å². The molecule has 0 aromatic heterocycles. The van der Waals surface area contributed by atoms with Crippen LogP contribution in [-0.4, -0.2) is 76.4 Å². The average molecular weight is 652 g/mol. The van der Waals surface area contributed by atoms with Gasteiger partial charge in [-0.2, -0.15) is 0 Å². The number of nitrogens with zero attached hydrogens (tertiary/aromatic N) is 1. The second kappa shape index (κ2) is 10.5. The van der Waals surface area contributed by atoms with Crippen LogP contribution in [0.1, 0.15) is 120 Å². The van der Waals surface area contributed by atoms with Crippen LogP contribution in [0, 0.1) is 50.7 Å². The third kappa shape index (κ3) is 4.55. The summed E-state index contributed by atoms with van der Waals surface area (Å²) in [7, 11) is 3.61. The molecule has 8 heteroatoms. The van der Waals surface area contributed by atoms with Crippen molar-refractivity contribution in [1.82, 2.24) is 4.42 Å². The van der Waals surface area contributed by atoms with Gasteiger partial charge in [-0.1, -0.05) is 41.5 Å². The van der Waals surface area contributed by atoms with Crippen LogP contribution in [0.5, 0.6) is 0 Å². The average Bonchev–Trinajstić information content (AvgIpc) is 3.27. The summed E-state index contributed by atoms with van der Waals surface area (Å²) in [6.45, 7) is 19.5. The quantitative estimate of drug-likeness (QED) is 0.233. The van der Waals surface area contributed by atoms with E-state index in [1.165, 1.54) is 10.8 Å². The molecule has 2 N–H and O–H groups in total. The second-order valence-electron chi connectivity index (χ2n) is 18.7. The van der Waals surface area contributed by atoms with Crippen molar-refractivity contribution in [2.24, 2.45) is 50.7 Å². The number of ether oxygens (including phenoxy) is 3. The van der Waals surface area contributed by atoms with Gasteiger partial charge in [0.1, 0.15) is 12.1 Å². The number of aliphatic hydroxyl groups is 2. The fourth-order valence-electron chi connectivity index (χ4n) is 13.6. The lowest BCUT2D eigenvalue weighted by Crippen LogP contribution is -2.63. The van der Waals surface area contributed by atoms with E-state index < -0.39 is 23.3 Å². The zero-order chi connectivity index (χ0) is 33.3. The summed E-state index contributed by atoms with van der Waals surface area (Å²) in [5, 5.41) is 22.8. The van der Waals surface area contributed by atoms with Crippen LogP contribution < -0.4 is 0 Å². The van der Waals surface area contributed by atoms with Gasteiger partial charge in [-0.05, 0) is 130 Å². The molecular weight excluding hydrogens is 590 g/mol. The van der Waals surface area contributed by atoms with Crippen LogP contribution in [0.15, 0.2) is 0 Å². The smallest absolute Gasteiger partial charge is 0.325 e. The first-order valence-corrected chi connectivity index (χ1v) is 18.2. The van der Waals surface area contributed by atoms with E-state index in [0.29, 0.717) is 11.8 Å². The Hall–Kier alpha value is -0.440. The lowest BCUT2D eigenvalue weighted by atomic mass is 9.41. The highest BCUT2D eigenvalue weighted by molar-refractivity contribution is 6.14. The third-order valence-electron chi connectivity index (χ3n) is 15.5. The van der Waals surface area contributed by atoms with Gasteiger partial charge < -0.3 is 24.4 Å². The van der Waals surface area contributed by atoms with Gasteiger partial charge in [0.05, 0.1) is 29.5 Å². The van der Waals surface area contributed by atoms with Crippen LogP contribution in [0.25, 0.3) is 0 Å². The fourth-order valence-corrected chi connectivity index (χ4v) is 13.9. The maximum Gasteiger partial charge on any atom is 0.325 e. The monoisotopic (exact) mass is 651 g/mol. The summed E-state index contributed by atoms with van der Waals surface area (Å²) < 4.78 is 21.1. The number of rotatable bonds is 7. The molecule has 0 aromatic carbocycles. The number of aliphatic hydroxyl groups excluding tert-OH is 1. The normalized spacial score (nSPS) is 50.9. The first-order chi connectivity index (χ1) is 20.6. The van der Waals surface area contributed by atoms with Gasteiger partial charge in [0.15, 0.2) is 0 Å². The molecule has 2 spiro atoms. The van der Waals surface area contributed by atoms with Gasteiger partial charge >= 0.3 is 5.97 Å². The van der Waals surface area contributed by atoms with Crippen LogP contribution in [0.2, 0.25) is 0 Å². The zero-order valence-corrected chi connectivity index (χ0v) is 30.7. The van der Waals surface area contributed by atoms with Crippen LogP contribution >= 0.6 is 11.8 Å². The standard InChI is InChI=1S/C37H62ClNO6/c1-21(2)27(39(10)38)30(41)44-25-13-15-37-20-36(37)17-16-33(7)28(35(9)14-12-26(45-35)32(5,6)42)22(40)19-34(33,8)24(36)18-23(43-11)29(37)31(25,3)4/h21-29,40,42H,12-20H2,1-11H3/t22-,23-,24?,25-,26-,27+,28-,29-,33+,34-,35+,36?,37+/m0/s1. The molecule has 6 fully saturated rings. The molecule has 5 saturated carbocycles. The maximum atomic E-state index is 13.5. The summed E-state index contributed by atoms with van der Waals surface area (Å²) in [5.74, 6) is 0.583. The Bertz CT molecular complexity index is 1180. The zero-order valence-electron chi connectivity index (χ0n) is 29.9. The number of halogens is 1. The molecule has 5 aliphatic carbocycles. The molecule has 1 saturated heterocycles. The predicted molar refractivity (Wildman–Crippen MR) is 175 cm³/mol. The molecule has 0 radical (unpaired) electrons. The number of fused-ring (bicyclic) bond motifs is 2. The summed E-state index contributed by atoms with van der Waals surface area (Å²) >= 11 is 6.32. The minimum absolute atomic E-state index is 0.0219. The SMILES string of the molecule is CO[C@H]1CC2C3(CC[C@]4(C)[C@@H]([C@@]5(C)CC[C@@H](C(C)(C)O)O5)[C@@H](O)C[C@@]24C)C[C@@]32CC[C@H](OC(=O)[C@@H](C(C)C)N(C)Cl)C(C)(C)[C@H]12. The molecule has 6 aliphatic rings. The maximum absolute atomic E-state index is 13.5. The summed E-state index contributed by atoms with van der Waals surface area (Å²) in [4.78, 5) is 13.5. The number of hydrogen-bond donors (Lipinski definition) is 2. The molecule has 1 aliphatic heterocycles. The van der Waals surface area contributed by atoms with E-state index in [2.05, 4.69) is 34.6 Å². The van der Waals surface area contributed by atoms with E-state index in [1.54, 1.807) is 7.05 Å². The molecular formula is C37H62ClNO6. The topological polar surface area (TPSA) is 88.5 Å². The van der Waals surface area contributed by atoms with Crippen molar-refractivity contribution < 1.29 is 29.2 Å². The van der Waals surface area contributed by atoms with E-state index in [4.69, 9.17) is 26.0 Å². The lowest BCUT2D eigenvalue weighted by Gasteiger charge is -2.65. The summed E-state index contributed by atoms with van der Waals surface area (Å²) in [6.07, 6.45) is 8.03. The Balaban J connectivity index is 1.30. The second-order valence-corrected chi connectivity index (χ2v) is 19.3. The number of methoxy groups -OCH3 is 1. The minimum Gasteiger partial charge on any atom is -0.461 e. The Labute approximate surface area is 277 Å². The summed E-state index contributed by atoms with van der Waals surface area (Å²) in [6, 6.07) is -0.485. The van der Waals surface area contributed by atoms with E-state index >= 15 is 0 Å². The highest BCUT2D eigenvalue weighted by Gasteiger charge is 2.85. The van der Waals surface area contributed by atoms with E-state index in [9.17, 15) is 15.0 Å². The Morgan fingerprint density at radius 1 is 1.00 bits per heavy atom. The highest BCUT2D eigenvalue weighted by Crippen LogP contribution is 2.89. The van der Waals surface area contributed by atoms with Gasteiger partial charge in [-0.25, -0.2) is 4.42 Å². The van der Waals surface area contributed by atoms with Crippen LogP contribution in [0.4, 0.5) is 0 Å². The highest BCUT2D eigenvalue weighted by atomic mass is 35.5. The molecule has 6 rings (SSSR count). The Kier molecular flexibility index (Phi) is 8.06. The van der Waals surface area contributed by atoms with E-state index in [1.807, 2.05) is 34.8 Å². The Morgan fingerprint density at radius 3 is 2.22 bits per heavy atom. The van der Waals surface area contributed by atoms with Crippen molar-refractivity contribution in [3.63, 3.8) is 0 Å². The number of carbonyl (C=O) groups is 1. The first-order valence-electron chi connectivity index (χ1n) is 17.9. The van der Waals surface area contributed by atoms with Gasteiger partial charge in [0, 0.05) is 25.5 Å². The molecule has 258 valence electrons. The molecule has 0 bridgehead atoms. The van der Waals surface area contributed by atoms with Crippen molar-refractivity contribution in [3.8, 4) is 0 Å². The van der Waals surface area contributed by atoms with Crippen LogP contribution in [-0.2, 0) is 19.0 Å². The lowest BCUT2D eigenvalue weighted by molar-refractivity contribution is -0.222. The Morgan fingerprint density at radius 2 is 1.67 bits per heavy atom. The van der Waals surface area contributed by atoms with Crippen molar-refractivity contribution in [3.05, 3.63) is 0 Å². The number of likely N-dealkylation sites (N-methyl/N-ethyl adjacent to an activating group) is 1. The molecule has 7 nitrogen and oxygen atoms in total. The number of esters is 1.